The van der Waals surface area contributed by atoms with Crippen LogP contribution in [0.3, 0.4) is 0 Å². The van der Waals surface area contributed by atoms with Gasteiger partial charge in [-0.3, -0.25) is 4.79 Å². The molecule has 3 rings (SSSR count). The van der Waals surface area contributed by atoms with Gasteiger partial charge < -0.3 is 5.32 Å². The Balaban J connectivity index is 1.72. The van der Waals surface area contributed by atoms with E-state index in [1.165, 1.54) is 47.7 Å². The molecule has 0 saturated carbocycles. The molecular formula is C21H19F3N2O3S2. The minimum atomic E-state index is -4.49. The summed E-state index contributed by atoms with van der Waals surface area (Å²) >= 11 is 1.41. The topological polar surface area (TPSA) is 75.3 Å². The molecule has 1 heterocycles. The number of alkyl halides is 3. The molecule has 0 radical (unpaired) electrons. The number of carbonyl (C=O) groups excluding carboxylic acids is 1. The number of rotatable bonds is 7. The Bertz CT molecular complexity index is 1160. The van der Waals surface area contributed by atoms with Crippen molar-refractivity contribution in [2.45, 2.75) is 30.6 Å². The molecule has 0 saturated heterocycles. The van der Waals surface area contributed by atoms with Crippen molar-refractivity contribution in [2.24, 2.45) is 0 Å². The lowest BCUT2D eigenvalue weighted by Crippen LogP contribution is -2.27. The van der Waals surface area contributed by atoms with Gasteiger partial charge in [0.15, 0.2) is 0 Å². The molecule has 10 heteroatoms. The van der Waals surface area contributed by atoms with Gasteiger partial charge >= 0.3 is 6.18 Å². The summed E-state index contributed by atoms with van der Waals surface area (Å²) in [5.41, 5.74) is -0.446. The average Bonchev–Trinajstić information content (AvgIpc) is 3.26. The van der Waals surface area contributed by atoms with Crippen molar-refractivity contribution in [2.75, 3.05) is 0 Å². The molecule has 1 atom stereocenters. The first-order valence-corrected chi connectivity index (χ1v) is 11.5. The zero-order chi connectivity index (χ0) is 22.6. The summed E-state index contributed by atoms with van der Waals surface area (Å²) in [6.45, 7) is 1.68. The Kier molecular flexibility index (Phi) is 6.83. The van der Waals surface area contributed by atoms with Gasteiger partial charge in [-0.15, -0.1) is 11.3 Å². The molecule has 0 aliphatic heterocycles. The highest BCUT2D eigenvalue weighted by atomic mass is 32.2. The van der Waals surface area contributed by atoms with Crippen LogP contribution in [-0.2, 0) is 22.7 Å². The molecule has 2 aromatic carbocycles. The molecule has 31 heavy (non-hydrogen) atoms. The summed E-state index contributed by atoms with van der Waals surface area (Å²) in [5, 5.41) is 4.44. The van der Waals surface area contributed by atoms with Crippen LogP contribution in [-0.4, -0.2) is 14.3 Å². The number of hydrogen-bond acceptors (Lipinski definition) is 4. The summed E-state index contributed by atoms with van der Waals surface area (Å²) in [7, 11) is -3.84. The largest absolute Gasteiger partial charge is 0.416 e. The molecule has 2 N–H and O–H groups in total. The summed E-state index contributed by atoms with van der Waals surface area (Å²) in [5.74, 6) is -0.597. The number of thiophene rings is 1. The van der Waals surface area contributed by atoms with Crippen molar-refractivity contribution >= 4 is 27.3 Å². The van der Waals surface area contributed by atoms with E-state index in [2.05, 4.69) is 10.0 Å². The zero-order valence-electron chi connectivity index (χ0n) is 16.3. The van der Waals surface area contributed by atoms with Crippen LogP contribution < -0.4 is 10.0 Å². The SMILES string of the molecule is CC(NC(=O)c1cccc(S(=O)(=O)NCc2cccs2)c1)c1cccc(C(F)(F)F)c1. The molecule has 0 aliphatic carbocycles. The molecule has 1 unspecified atom stereocenters. The van der Waals surface area contributed by atoms with E-state index >= 15 is 0 Å². The molecule has 5 nitrogen and oxygen atoms in total. The Hall–Kier alpha value is -2.69. The summed E-state index contributed by atoms with van der Waals surface area (Å²) in [4.78, 5) is 13.3. The summed E-state index contributed by atoms with van der Waals surface area (Å²) in [6, 6.07) is 13.0. The van der Waals surface area contributed by atoms with Crippen molar-refractivity contribution in [3.05, 3.63) is 87.6 Å². The lowest BCUT2D eigenvalue weighted by Gasteiger charge is -2.16. The van der Waals surface area contributed by atoms with E-state index in [4.69, 9.17) is 0 Å². The number of carbonyl (C=O) groups is 1. The molecule has 3 aromatic rings. The maximum atomic E-state index is 12.9. The second-order valence-corrected chi connectivity index (χ2v) is 9.55. The standard InChI is InChI=1S/C21H19F3N2O3S2/c1-14(15-5-2-7-17(11-15)21(22,23)24)26-20(27)16-6-3-9-19(12-16)31(28,29)25-13-18-8-4-10-30-18/h2-12,14,25H,13H2,1H3,(H,26,27). The minimum Gasteiger partial charge on any atom is -0.346 e. The number of sulfonamides is 1. The summed E-state index contributed by atoms with van der Waals surface area (Å²) < 4.78 is 66.3. The number of halogens is 3. The molecule has 0 fully saturated rings. The normalized spacial score (nSPS) is 13.0. The fourth-order valence-corrected chi connectivity index (χ4v) is 4.60. The first-order valence-electron chi connectivity index (χ1n) is 9.16. The zero-order valence-corrected chi connectivity index (χ0v) is 17.9. The van der Waals surface area contributed by atoms with E-state index < -0.39 is 33.7 Å². The molecule has 0 bridgehead atoms. The van der Waals surface area contributed by atoms with Crippen LogP contribution in [0.15, 0.2) is 70.9 Å². The lowest BCUT2D eigenvalue weighted by molar-refractivity contribution is -0.137. The fourth-order valence-electron chi connectivity index (χ4n) is 2.81. The van der Waals surface area contributed by atoms with Gasteiger partial charge in [0.25, 0.3) is 5.91 Å². The monoisotopic (exact) mass is 468 g/mol. The van der Waals surface area contributed by atoms with Crippen molar-refractivity contribution in [1.82, 2.24) is 10.0 Å². The lowest BCUT2D eigenvalue weighted by atomic mass is 10.0. The van der Waals surface area contributed by atoms with E-state index in [1.54, 1.807) is 13.0 Å². The van der Waals surface area contributed by atoms with Crippen LogP contribution in [0.5, 0.6) is 0 Å². The van der Waals surface area contributed by atoms with E-state index in [9.17, 15) is 26.4 Å². The van der Waals surface area contributed by atoms with E-state index in [1.807, 2.05) is 11.4 Å². The Morgan fingerprint density at radius 2 is 1.81 bits per heavy atom. The predicted molar refractivity (Wildman–Crippen MR) is 112 cm³/mol. The maximum Gasteiger partial charge on any atom is 0.416 e. The van der Waals surface area contributed by atoms with Crippen LogP contribution in [0, 0.1) is 0 Å². The number of benzene rings is 2. The molecule has 0 aliphatic rings. The first kappa shape index (κ1) is 23.0. The van der Waals surface area contributed by atoms with Crippen LogP contribution in [0.2, 0.25) is 0 Å². The fraction of sp³-hybridized carbons (Fsp3) is 0.190. The third-order valence-corrected chi connectivity index (χ3v) is 6.76. The van der Waals surface area contributed by atoms with Gasteiger partial charge in [-0.1, -0.05) is 24.3 Å². The molecule has 1 aromatic heterocycles. The van der Waals surface area contributed by atoms with Gasteiger partial charge in [0.1, 0.15) is 0 Å². The third-order valence-electron chi connectivity index (χ3n) is 4.48. The van der Waals surface area contributed by atoms with Gasteiger partial charge in [0.05, 0.1) is 16.5 Å². The highest BCUT2D eigenvalue weighted by molar-refractivity contribution is 7.89. The van der Waals surface area contributed by atoms with Crippen molar-refractivity contribution in [3.8, 4) is 0 Å². The van der Waals surface area contributed by atoms with Gasteiger partial charge in [-0.25, -0.2) is 13.1 Å². The van der Waals surface area contributed by atoms with E-state index in [-0.39, 0.29) is 22.6 Å². The predicted octanol–water partition coefficient (Wildman–Crippen LogP) is 4.74. The second kappa shape index (κ2) is 9.21. The summed E-state index contributed by atoms with van der Waals surface area (Å²) in [6.07, 6.45) is -4.49. The van der Waals surface area contributed by atoms with E-state index in [0.29, 0.717) is 0 Å². The number of nitrogens with one attached hydrogen (secondary N) is 2. The second-order valence-electron chi connectivity index (χ2n) is 6.75. The van der Waals surface area contributed by atoms with Gasteiger partial charge in [-0.05, 0) is 54.3 Å². The van der Waals surface area contributed by atoms with Gasteiger partial charge in [-0.2, -0.15) is 13.2 Å². The van der Waals surface area contributed by atoms with Crippen molar-refractivity contribution in [3.63, 3.8) is 0 Å². The molecular weight excluding hydrogens is 449 g/mol. The average molecular weight is 469 g/mol. The Morgan fingerprint density at radius 1 is 1.06 bits per heavy atom. The van der Waals surface area contributed by atoms with Crippen molar-refractivity contribution in [1.29, 1.82) is 0 Å². The number of hydrogen-bond donors (Lipinski definition) is 2. The quantitative estimate of drug-likeness (QED) is 0.526. The highest BCUT2D eigenvalue weighted by Gasteiger charge is 2.30. The number of amides is 1. The van der Waals surface area contributed by atoms with Crippen LogP contribution in [0.1, 0.15) is 39.3 Å². The molecule has 0 spiro atoms. The van der Waals surface area contributed by atoms with Crippen LogP contribution >= 0.6 is 11.3 Å². The highest BCUT2D eigenvalue weighted by Crippen LogP contribution is 2.30. The van der Waals surface area contributed by atoms with E-state index in [0.717, 1.165) is 17.0 Å². The minimum absolute atomic E-state index is 0.0802. The van der Waals surface area contributed by atoms with Gasteiger partial charge in [0, 0.05) is 17.0 Å². The Morgan fingerprint density at radius 3 is 2.48 bits per heavy atom. The van der Waals surface area contributed by atoms with Crippen LogP contribution in [0.4, 0.5) is 13.2 Å². The first-order chi connectivity index (χ1) is 14.6. The van der Waals surface area contributed by atoms with Crippen molar-refractivity contribution < 1.29 is 26.4 Å². The molecule has 164 valence electrons. The third kappa shape index (κ3) is 5.93. The van der Waals surface area contributed by atoms with Gasteiger partial charge in [0.2, 0.25) is 10.0 Å². The van der Waals surface area contributed by atoms with Crippen LogP contribution in [0.25, 0.3) is 0 Å². The molecule has 1 amide bonds. The maximum absolute atomic E-state index is 12.9. The smallest absolute Gasteiger partial charge is 0.346 e. The Labute approximate surface area is 182 Å².